The molecule has 1 aromatic carbocycles. The van der Waals surface area contributed by atoms with Crippen LogP contribution in [0.4, 0.5) is 5.69 Å². The van der Waals surface area contributed by atoms with Gasteiger partial charge in [0, 0.05) is 12.2 Å². The maximum atomic E-state index is 11.4. The van der Waals surface area contributed by atoms with Gasteiger partial charge in [-0.15, -0.1) is 0 Å². The highest BCUT2D eigenvalue weighted by Gasteiger charge is 2.13. The number of carbonyl (C=O) groups is 1. The smallest absolute Gasteiger partial charge is 0.310 e. The molecule has 3 heteroatoms. The first-order valence-electron chi connectivity index (χ1n) is 6.16. The predicted molar refractivity (Wildman–Crippen MR) is 70.1 cm³/mol. The Bertz CT molecular complexity index is 363. The first kappa shape index (κ1) is 13.6. The lowest BCUT2D eigenvalue weighted by atomic mass is 10.1. The molecule has 0 aliphatic rings. The van der Waals surface area contributed by atoms with E-state index in [1.807, 2.05) is 26.0 Å². The number of benzene rings is 1. The van der Waals surface area contributed by atoms with Crippen LogP contribution in [-0.2, 0) is 16.0 Å². The molecular formula is C14H21NO2. The molecule has 0 aromatic heterocycles. The third-order valence-electron chi connectivity index (χ3n) is 2.64. The van der Waals surface area contributed by atoms with Crippen molar-refractivity contribution in [2.24, 2.45) is 5.92 Å². The van der Waals surface area contributed by atoms with Gasteiger partial charge in [0.2, 0.25) is 0 Å². The van der Waals surface area contributed by atoms with Gasteiger partial charge in [-0.1, -0.05) is 26.0 Å². The Morgan fingerprint density at radius 2 is 2.18 bits per heavy atom. The van der Waals surface area contributed by atoms with Crippen molar-refractivity contribution < 1.29 is 9.53 Å². The van der Waals surface area contributed by atoms with E-state index in [-0.39, 0.29) is 11.9 Å². The molecule has 0 aliphatic heterocycles. The molecular weight excluding hydrogens is 214 g/mol. The Kier molecular flexibility index (Phi) is 5.53. The molecule has 0 saturated heterocycles. The number of nitrogens with one attached hydrogen (secondary N) is 1. The van der Waals surface area contributed by atoms with Gasteiger partial charge in [-0.2, -0.15) is 0 Å². The summed E-state index contributed by atoms with van der Waals surface area (Å²) in [5.74, 6) is -0.271. The molecule has 0 amide bonds. The Morgan fingerprint density at radius 3 is 2.82 bits per heavy atom. The maximum absolute atomic E-state index is 11.4. The molecule has 0 fully saturated rings. The fourth-order valence-electron chi connectivity index (χ4n) is 1.54. The summed E-state index contributed by atoms with van der Waals surface area (Å²) < 4.78 is 4.96. The largest absolute Gasteiger partial charge is 0.466 e. The molecule has 3 nitrogen and oxygen atoms in total. The van der Waals surface area contributed by atoms with E-state index in [9.17, 15) is 4.79 Å². The minimum absolute atomic E-state index is 0.125. The third kappa shape index (κ3) is 4.47. The summed E-state index contributed by atoms with van der Waals surface area (Å²) in [7, 11) is 0. The molecule has 1 atom stereocenters. The zero-order chi connectivity index (χ0) is 12.7. The summed E-state index contributed by atoms with van der Waals surface area (Å²) in [4.78, 5) is 11.4. The topological polar surface area (TPSA) is 38.3 Å². The predicted octanol–water partition coefficient (Wildman–Crippen LogP) is 2.86. The van der Waals surface area contributed by atoms with Crippen molar-refractivity contribution in [1.29, 1.82) is 0 Å². The SMILES string of the molecule is CCOC(=O)C(C)CNc1cccc(CC)c1. The van der Waals surface area contributed by atoms with Crippen LogP contribution in [0.3, 0.4) is 0 Å². The van der Waals surface area contributed by atoms with Crippen LogP contribution in [0.2, 0.25) is 0 Å². The number of hydrogen-bond acceptors (Lipinski definition) is 3. The molecule has 1 unspecified atom stereocenters. The molecule has 0 radical (unpaired) electrons. The summed E-state index contributed by atoms with van der Waals surface area (Å²) in [5.41, 5.74) is 2.35. The van der Waals surface area contributed by atoms with E-state index < -0.39 is 0 Å². The van der Waals surface area contributed by atoms with E-state index in [0.717, 1.165) is 12.1 Å². The fourth-order valence-corrected chi connectivity index (χ4v) is 1.54. The van der Waals surface area contributed by atoms with Crippen molar-refractivity contribution in [3.8, 4) is 0 Å². The molecule has 1 rings (SSSR count). The number of anilines is 1. The first-order chi connectivity index (χ1) is 8.17. The third-order valence-corrected chi connectivity index (χ3v) is 2.64. The molecule has 1 aromatic rings. The number of rotatable bonds is 6. The molecule has 94 valence electrons. The van der Waals surface area contributed by atoms with Crippen molar-refractivity contribution in [1.82, 2.24) is 0 Å². The van der Waals surface area contributed by atoms with E-state index >= 15 is 0 Å². The second-order valence-electron chi connectivity index (χ2n) is 4.09. The van der Waals surface area contributed by atoms with Gasteiger partial charge in [-0.3, -0.25) is 4.79 Å². The normalized spacial score (nSPS) is 11.9. The van der Waals surface area contributed by atoms with Crippen LogP contribution in [0.15, 0.2) is 24.3 Å². The lowest BCUT2D eigenvalue weighted by molar-refractivity contribution is -0.146. The van der Waals surface area contributed by atoms with Crippen molar-refractivity contribution in [2.75, 3.05) is 18.5 Å². The number of ether oxygens (including phenoxy) is 1. The summed E-state index contributed by atoms with van der Waals surface area (Å²) in [6.45, 7) is 6.86. The van der Waals surface area contributed by atoms with E-state index in [1.165, 1.54) is 5.56 Å². The van der Waals surface area contributed by atoms with E-state index in [0.29, 0.717) is 13.2 Å². The number of aryl methyl sites for hydroxylation is 1. The quantitative estimate of drug-likeness (QED) is 0.770. The van der Waals surface area contributed by atoms with Crippen molar-refractivity contribution >= 4 is 11.7 Å². The summed E-state index contributed by atoms with van der Waals surface area (Å²) >= 11 is 0. The maximum Gasteiger partial charge on any atom is 0.310 e. The van der Waals surface area contributed by atoms with Gasteiger partial charge in [0.1, 0.15) is 0 Å². The highest BCUT2D eigenvalue weighted by atomic mass is 16.5. The molecule has 0 heterocycles. The Morgan fingerprint density at radius 1 is 1.41 bits per heavy atom. The van der Waals surface area contributed by atoms with Gasteiger partial charge >= 0.3 is 5.97 Å². The van der Waals surface area contributed by atoms with Crippen LogP contribution < -0.4 is 5.32 Å². The molecule has 0 aliphatic carbocycles. The molecule has 0 saturated carbocycles. The Balaban J connectivity index is 2.46. The number of esters is 1. The first-order valence-corrected chi connectivity index (χ1v) is 6.16. The van der Waals surface area contributed by atoms with Gasteiger partial charge in [0.15, 0.2) is 0 Å². The number of hydrogen-bond donors (Lipinski definition) is 1. The van der Waals surface area contributed by atoms with Crippen LogP contribution in [0.1, 0.15) is 26.3 Å². The highest BCUT2D eigenvalue weighted by Crippen LogP contribution is 2.12. The molecule has 0 bridgehead atoms. The molecule has 0 spiro atoms. The average Bonchev–Trinajstić information content (AvgIpc) is 2.36. The lowest BCUT2D eigenvalue weighted by Gasteiger charge is -2.13. The van der Waals surface area contributed by atoms with Crippen molar-refractivity contribution in [3.05, 3.63) is 29.8 Å². The van der Waals surface area contributed by atoms with Crippen LogP contribution in [0, 0.1) is 5.92 Å². The van der Waals surface area contributed by atoms with E-state index in [2.05, 4.69) is 24.4 Å². The zero-order valence-corrected chi connectivity index (χ0v) is 10.8. The van der Waals surface area contributed by atoms with Gasteiger partial charge < -0.3 is 10.1 Å². The standard InChI is InChI=1S/C14H21NO2/c1-4-12-7-6-8-13(9-12)15-10-11(3)14(16)17-5-2/h6-9,11,15H,4-5,10H2,1-3H3. The number of carbonyl (C=O) groups excluding carboxylic acids is 1. The van der Waals surface area contributed by atoms with Crippen molar-refractivity contribution in [3.63, 3.8) is 0 Å². The van der Waals surface area contributed by atoms with E-state index in [1.54, 1.807) is 0 Å². The van der Waals surface area contributed by atoms with Gasteiger partial charge in [-0.25, -0.2) is 0 Å². The Labute approximate surface area is 103 Å². The summed E-state index contributed by atoms with van der Waals surface area (Å²) in [6.07, 6.45) is 1.02. The second-order valence-corrected chi connectivity index (χ2v) is 4.09. The van der Waals surface area contributed by atoms with Gasteiger partial charge in [-0.05, 0) is 31.0 Å². The highest BCUT2D eigenvalue weighted by molar-refractivity contribution is 5.72. The molecule has 17 heavy (non-hydrogen) atoms. The van der Waals surface area contributed by atoms with Gasteiger partial charge in [0.05, 0.1) is 12.5 Å². The monoisotopic (exact) mass is 235 g/mol. The second kappa shape index (κ2) is 6.94. The zero-order valence-electron chi connectivity index (χ0n) is 10.8. The Hall–Kier alpha value is -1.51. The fraction of sp³-hybridized carbons (Fsp3) is 0.500. The summed E-state index contributed by atoms with van der Waals surface area (Å²) in [5, 5.41) is 3.26. The van der Waals surface area contributed by atoms with Gasteiger partial charge in [0.25, 0.3) is 0 Å². The van der Waals surface area contributed by atoms with Crippen molar-refractivity contribution in [2.45, 2.75) is 27.2 Å². The van der Waals surface area contributed by atoms with E-state index in [4.69, 9.17) is 4.74 Å². The van der Waals surface area contributed by atoms with Crippen LogP contribution in [0.5, 0.6) is 0 Å². The molecule has 1 N–H and O–H groups in total. The minimum atomic E-state index is -0.147. The minimum Gasteiger partial charge on any atom is -0.466 e. The van der Waals surface area contributed by atoms with Crippen LogP contribution >= 0.6 is 0 Å². The van der Waals surface area contributed by atoms with Crippen LogP contribution in [-0.4, -0.2) is 19.1 Å². The summed E-state index contributed by atoms with van der Waals surface area (Å²) in [6, 6.07) is 8.24. The van der Waals surface area contributed by atoms with Crippen LogP contribution in [0.25, 0.3) is 0 Å². The average molecular weight is 235 g/mol. The lowest BCUT2D eigenvalue weighted by Crippen LogP contribution is -2.22.